The molecule has 0 saturated heterocycles. The first-order valence-corrected chi connectivity index (χ1v) is 8.36. The number of benzene rings is 1. The number of thiophene rings is 1. The topological polar surface area (TPSA) is 50.4 Å². The van der Waals surface area contributed by atoms with E-state index in [0.717, 1.165) is 13.0 Å². The number of nitrogens with one attached hydrogen (secondary N) is 1. The zero-order valence-corrected chi connectivity index (χ0v) is 13.0. The summed E-state index contributed by atoms with van der Waals surface area (Å²) in [6.45, 7) is 1.49. The summed E-state index contributed by atoms with van der Waals surface area (Å²) in [5.41, 5.74) is 10.2. The molecule has 110 valence electrons. The second-order valence-corrected chi connectivity index (χ2v) is 6.45. The molecule has 4 heteroatoms. The number of rotatable bonds is 5. The normalized spacial score (nSPS) is 14.2. The fourth-order valence-corrected chi connectivity index (χ4v) is 3.43. The third-order valence-electron chi connectivity index (χ3n) is 3.85. The first kappa shape index (κ1) is 14.1. The maximum atomic E-state index is 5.92. The standard InChI is InChI=1S/C17H21N3S/c18-17(19-9-8-16-5-2-10-21-16)20-12-13-6-7-14-3-1-4-15(14)11-13/h2,5-7,10-11H,1,3-4,8-9,12H2,(H3,18,19,20). The lowest BCUT2D eigenvalue weighted by molar-refractivity contribution is 0.857. The molecule has 1 aliphatic rings. The minimum atomic E-state index is 0.534. The summed E-state index contributed by atoms with van der Waals surface area (Å²) in [6.07, 6.45) is 4.72. The zero-order valence-electron chi connectivity index (χ0n) is 12.1. The molecule has 0 amide bonds. The van der Waals surface area contributed by atoms with Crippen molar-refractivity contribution in [3.05, 3.63) is 57.3 Å². The van der Waals surface area contributed by atoms with Crippen LogP contribution in [0, 0.1) is 0 Å². The van der Waals surface area contributed by atoms with Gasteiger partial charge in [0.25, 0.3) is 0 Å². The predicted molar refractivity (Wildman–Crippen MR) is 89.8 cm³/mol. The number of nitrogens with two attached hydrogens (primary N) is 1. The molecular formula is C17H21N3S. The Kier molecular flexibility index (Phi) is 4.55. The number of guanidine groups is 1. The number of aryl methyl sites for hydroxylation is 2. The molecule has 1 heterocycles. The Morgan fingerprint density at radius 3 is 3.00 bits per heavy atom. The van der Waals surface area contributed by atoms with Crippen LogP contribution in [0.5, 0.6) is 0 Å². The van der Waals surface area contributed by atoms with Crippen LogP contribution >= 0.6 is 11.3 Å². The molecular weight excluding hydrogens is 278 g/mol. The largest absolute Gasteiger partial charge is 0.370 e. The lowest BCUT2D eigenvalue weighted by Crippen LogP contribution is -2.33. The van der Waals surface area contributed by atoms with Gasteiger partial charge in [0.2, 0.25) is 0 Å². The summed E-state index contributed by atoms with van der Waals surface area (Å²) in [5.74, 6) is 0.534. The molecule has 3 rings (SSSR count). The number of hydrogen-bond acceptors (Lipinski definition) is 2. The number of fused-ring (bicyclic) bond motifs is 1. The number of nitrogens with zero attached hydrogens (tertiary/aromatic N) is 1. The molecule has 1 aromatic carbocycles. The van der Waals surface area contributed by atoms with Gasteiger partial charge in [0.05, 0.1) is 6.54 Å². The first-order valence-electron chi connectivity index (χ1n) is 7.48. The van der Waals surface area contributed by atoms with Crippen LogP contribution in [0.15, 0.2) is 40.7 Å². The van der Waals surface area contributed by atoms with Crippen molar-refractivity contribution in [2.75, 3.05) is 6.54 Å². The Morgan fingerprint density at radius 1 is 1.24 bits per heavy atom. The van der Waals surface area contributed by atoms with Crippen molar-refractivity contribution in [1.82, 2.24) is 5.32 Å². The molecule has 0 atom stereocenters. The third-order valence-corrected chi connectivity index (χ3v) is 4.79. The Labute approximate surface area is 129 Å². The lowest BCUT2D eigenvalue weighted by Gasteiger charge is -2.06. The maximum Gasteiger partial charge on any atom is 0.188 e. The van der Waals surface area contributed by atoms with E-state index in [4.69, 9.17) is 5.73 Å². The fraction of sp³-hybridized carbons (Fsp3) is 0.353. The maximum absolute atomic E-state index is 5.92. The van der Waals surface area contributed by atoms with Gasteiger partial charge in [-0.25, -0.2) is 4.99 Å². The predicted octanol–water partition coefficient (Wildman–Crippen LogP) is 2.88. The van der Waals surface area contributed by atoms with Crippen LogP contribution in [0.25, 0.3) is 0 Å². The van der Waals surface area contributed by atoms with Crippen molar-refractivity contribution in [2.24, 2.45) is 10.7 Å². The summed E-state index contributed by atoms with van der Waals surface area (Å²) in [5, 5.41) is 5.28. The molecule has 0 aliphatic heterocycles. The Hall–Kier alpha value is -1.81. The van der Waals surface area contributed by atoms with Crippen molar-refractivity contribution in [2.45, 2.75) is 32.2 Å². The molecule has 21 heavy (non-hydrogen) atoms. The highest BCUT2D eigenvalue weighted by Crippen LogP contribution is 2.23. The van der Waals surface area contributed by atoms with Gasteiger partial charge in [0, 0.05) is 11.4 Å². The van der Waals surface area contributed by atoms with Crippen molar-refractivity contribution >= 4 is 17.3 Å². The Bertz CT molecular complexity index is 617. The SMILES string of the molecule is NC(=NCc1ccc2c(c1)CCC2)NCCc1cccs1. The average Bonchev–Trinajstić information content (AvgIpc) is 3.15. The second-order valence-electron chi connectivity index (χ2n) is 5.41. The lowest BCUT2D eigenvalue weighted by atomic mass is 10.1. The van der Waals surface area contributed by atoms with Gasteiger partial charge in [0.15, 0.2) is 5.96 Å². The average molecular weight is 299 g/mol. The highest BCUT2D eigenvalue weighted by atomic mass is 32.1. The van der Waals surface area contributed by atoms with E-state index in [0.29, 0.717) is 12.5 Å². The van der Waals surface area contributed by atoms with E-state index in [-0.39, 0.29) is 0 Å². The highest BCUT2D eigenvalue weighted by Gasteiger charge is 2.10. The van der Waals surface area contributed by atoms with Crippen molar-refractivity contribution in [3.63, 3.8) is 0 Å². The summed E-state index contributed by atoms with van der Waals surface area (Å²) >= 11 is 1.78. The molecule has 3 nitrogen and oxygen atoms in total. The fourth-order valence-electron chi connectivity index (χ4n) is 2.72. The van der Waals surface area contributed by atoms with Gasteiger partial charge in [-0.05, 0) is 53.8 Å². The van der Waals surface area contributed by atoms with Crippen LogP contribution in [-0.4, -0.2) is 12.5 Å². The molecule has 0 radical (unpaired) electrons. The zero-order chi connectivity index (χ0) is 14.5. The quantitative estimate of drug-likeness (QED) is 0.659. The van der Waals surface area contributed by atoms with Crippen LogP contribution in [0.1, 0.15) is 28.0 Å². The van der Waals surface area contributed by atoms with Crippen LogP contribution < -0.4 is 11.1 Å². The molecule has 2 aromatic rings. The highest BCUT2D eigenvalue weighted by molar-refractivity contribution is 7.09. The van der Waals surface area contributed by atoms with Crippen LogP contribution in [-0.2, 0) is 25.8 Å². The minimum Gasteiger partial charge on any atom is -0.370 e. The first-order chi connectivity index (χ1) is 10.3. The number of aliphatic imine (C=N–C) groups is 1. The Balaban J connectivity index is 1.48. The van der Waals surface area contributed by atoms with Gasteiger partial charge in [-0.15, -0.1) is 11.3 Å². The second kappa shape index (κ2) is 6.76. The van der Waals surface area contributed by atoms with Crippen molar-refractivity contribution in [3.8, 4) is 0 Å². The monoisotopic (exact) mass is 299 g/mol. The van der Waals surface area contributed by atoms with E-state index in [2.05, 4.69) is 46.0 Å². The van der Waals surface area contributed by atoms with Gasteiger partial charge in [0.1, 0.15) is 0 Å². The van der Waals surface area contributed by atoms with Gasteiger partial charge in [-0.2, -0.15) is 0 Å². The van der Waals surface area contributed by atoms with Crippen LogP contribution in [0.2, 0.25) is 0 Å². The third kappa shape index (κ3) is 3.85. The van der Waals surface area contributed by atoms with Gasteiger partial charge in [-0.3, -0.25) is 0 Å². The van der Waals surface area contributed by atoms with E-state index in [1.165, 1.54) is 40.8 Å². The summed E-state index contributed by atoms with van der Waals surface area (Å²) in [6, 6.07) is 10.9. The summed E-state index contributed by atoms with van der Waals surface area (Å²) in [4.78, 5) is 5.79. The summed E-state index contributed by atoms with van der Waals surface area (Å²) < 4.78 is 0. The van der Waals surface area contributed by atoms with Crippen LogP contribution in [0.4, 0.5) is 0 Å². The Morgan fingerprint density at radius 2 is 2.14 bits per heavy atom. The molecule has 0 fully saturated rings. The molecule has 1 aliphatic carbocycles. The van der Waals surface area contributed by atoms with E-state index in [1.54, 1.807) is 11.3 Å². The van der Waals surface area contributed by atoms with E-state index >= 15 is 0 Å². The van der Waals surface area contributed by atoms with Gasteiger partial charge < -0.3 is 11.1 Å². The summed E-state index contributed by atoms with van der Waals surface area (Å²) in [7, 11) is 0. The molecule has 3 N–H and O–H groups in total. The molecule has 0 unspecified atom stereocenters. The number of hydrogen-bond donors (Lipinski definition) is 2. The van der Waals surface area contributed by atoms with Gasteiger partial charge in [-0.1, -0.05) is 24.3 Å². The smallest absolute Gasteiger partial charge is 0.188 e. The van der Waals surface area contributed by atoms with E-state index in [1.807, 2.05) is 0 Å². The minimum absolute atomic E-state index is 0.534. The molecule has 0 spiro atoms. The molecule has 1 aromatic heterocycles. The van der Waals surface area contributed by atoms with Gasteiger partial charge >= 0.3 is 0 Å². The van der Waals surface area contributed by atoms with E-state index < -0.39 is 0 Å². The van der Waals surface area contributed by atoms with Crippen molar-refractivity contribution < 1.29 is 0 Å². The van der Waals surface area contributed by atoms with Crippen molar-refractivity contribution in [1.29, 1.82) is 0 Å². The van der Waals surface area contributed by atoms with E-state index in [9.17, 15) is 0 Å². The molecule has 0 bridgehead atoms. The van der Waals surface area contributed by atoms with Crippen LogP contribution in [0.3, 0.4) is 0 Å². The molecule has 0 saturated carbocycles.